The molecule has 0 N–H and O–H groups in total. The van der Waals surface area contributed by atoms with Gasteiger partial charge in [0.2, 0.25) is 5.60 Å². The Hall–Kier alpha value is -1.06. The summed E-state index contributed by atoms with van der Waals surface area (Å²) in [6.45, 7) is 4.85. The predicted molar refractivity (Wildman–Crippen MR) is 63.4 cm³/mol. The van der Waals surface area contributed by atoms with Gasteiger partial charge < -0.3 is 9.47 Å². The number of hydrogen-bond donors (Lipinski definition) is 0. The second kappa shape index (κ2) is 6.03. The smallest absolute Gasteiger partial charge is 0.350 e. The molecule has 0 aromatic heterocycles. The van der Waals surface area contributed by atoms with E-state index >= 15 is 0 Å². The van der Waals surface area contributed by atoms with Gasteiger partial charge >= 0.3 is 11.9 Å². The Labute approximate surface area is 103 Å². The summed E-state index contributed by atoms with van der Waals surface area (Å²) in [5.41, 5.74) is -1.18. The van der Waals surface area contributed by atoms with Crippen LogP contribution in [0.25, 0.3) is 0 Å². The molecular formula is C13H22O4. The lowest BCUT2D eigenvalue weighted by Gasteiger charge is -2.28. The SMILES string of the molecule is CCC(=O)OC(C)(C)C(=O)OC1CCCCC1. The first-order valence-corrected chi connectivity index (χ1v) is 6.38. The van der Waals surface area contributed by atoms with E-state index in [0.717, 1.165) is 25.7 Å². The van der Waals surface area contributed by atoms with Crippen LogP contribution in [-0.4, -0.2) is 23.6 Å². The minimum absolute atomic E-state index is 0.00384. The highest BCUT2D eigenvalue weighted by Crippen LogP contribution is 2.23. The number of carbonyl (C=O) groups excluding carboxylic acids is 2. The van der Waals surface area contributed by atoms with Crippen LogP contribution in [0.5, 0.6) is 0 Å². The molecule has 0 heterocycles. The van der Waals surface area contributed by atoms with Crippen molar-refractivity contribution in [2.45, 2.75) is 71.0 Å². The van der Waals surface area contributed by atoms with Gasteiger partial charge in [0.1, 0.15) is 6.10 Å². The molecule has 0 atom stereocenters. The first kappa shape index (κ1) is 14.0. The van der Waals surface area contributed by atoms with Crippen molar-refractivity contribution in [1.82, 2.24) is 0 Å². The fourth-order valence-corrected chi connectivity index (χ4v) is 1.87. The normalized spacial score (nSPS) is 17.6. The van der Waals surface area contributed by atoms with Crippen molar-refractivity contribution in [1.29, 1.82) is 0 Å². The van der Waals surface area contributed by atoms with Crippen LogP contribution < -0.4 is 0 Å². The molecule has 0 bridgehead atoms. The molecule has 98 valence electrons. The average molecular weight is 242 g/mol. The molecule has 0 amide bonds. The van der Waals surface area contributed by atoms with Gasteiger partial charge in [0.25, 0.3) is 0 Å². The molecule has 0 aromatic rings. The van der Waals surface area contributed by atoms with Gasteiger partial charge in [-0.1, -0.05) is 13.3 Å². The fourth-order valence-electron chi connectivity index (χ4n) is 1.87. The summed E-state index contributed by atoms with van der Waals surface area (Å²) >= 11 is 0. The Balaban J connectivity index is 2.46. The van der Waals surface area contributed by atoms with E-state index in [1.807, 2.05) is 0 Å². The van der Waals surface area contributed by atoms with Crippen molar-refractivity contribution in [2.75, 3.05) is 0 Å². The summed E-state index contributed by atoms with van der Waals surface area (Å²) in [6.07, 6.45) is 5.52. The fraction of sp³-hybridized carbons (Fsp3) is 0.846. The largest absolute Gasteiger partial charge is 0.459 e. The second-order valence-corrected chi connectivity index (χ2v) is 5.00. The molecular weight excluding hydrogens is 220 g/mol. The Bertz CT molecular complexity index is 277. The van der Waals surface area contributed by atoms with Crippen LogP contribution in [0.15, 0.2) is 0 Å². The molecule has 0 radical (unpaired) electrons. The van der Waals surface area contributed by atoms with Crippen LogP contribution in [-0.2, 0) is 19.1 Å². The van der Waals surface area contributed by atoms with Crippen molar-refractivity contribution in [3.63, 3.8) is 0 Å². The summed E-state index contributed by atoms with van der Waals surface area (Å²) < 4.78 is 10.5. The monoisotopic (exact) mass is 242 g/mol. The van der Waals surface area contributed by atoms with Gasteiger partial charge in [-0.05, 0) is 39.5 Å². The third-order valence-electron chi connectivity index (χ3n) is 2.98. The van der Waals surface area contributed by atoms with Gasteiger partial charge in [0.15, 0.2) is 0 Å². The van der Waals surface area contributed by atoms with Gasteiger partial charge in [-0.3, -0.25) is 4.79 Å². The maximum absolute atomic E-state index is 11.9. The Morgan fingerprint density at radius 1 is 1.18 bits per heavy atom. The van der Waals surface area contributed by atoms with Crippen LogP contribution in [0, 0.1) is 0 Å². The van der Waals surface area contributed by atoms with Crippen LogP contribution in [0.4, 0.5) is 0 Å². The van der Waals surface area contributed by atoms with Gasteiger partial charge in [0, 0.05) is 6.42 Å². The molecule has 1 aliphatic rings. The minimum atomic E-state index is -1.18. The van der Waals surface area contributed by atoms with Crippen molar-refractivity contribution in [2.24, 2.45) is 0 Å². The Morgan fingerprint density at radius 2 is 1.76 bits per heavy atom. The summed E-state index contributed by atoms with van der Waals surface area (Å²) in [5.74, 6) is -0.818. The molecule has 0 aromatic carbocycles. The number of ether oxygens (including phenoxy) is 2. The minimum Gasteiger partial charge on any atom is -0.459 e. The van der Waals surface area contributed by atoms with Crippen LogP contribution in [0.3, 0.4) is 0 Å². The van der Waals surface area contributed by atoms with Crippen molar-refractivity contribution in [3.05, 3.63) is 0 Å². The lowest BCUT2D eigenvalue weighted by atomic mass is 9.97. The zero-order valence-electron chi connectivity index (χ0n) is 11.0. The van der Waals surface area contributed by atoms with E-state index in [1.165, 1.54) is 6.42 Å². The van der Waals surface area contributed by atoms with Gasteiger partial charge in [-0.2, -0.15) is 0 Å². The van der Waals surface area contributed by atoms with E-state index in [2.05, 4.69) is 0 Å². The highest BCUT2D eigenvalue weighted by Gasteiger charge is 2.35. The molecule has 0 spiro atoms. The van der Waals surface area contributed by atoms with E-state index in [-0.39, 0.29) is 18.5 Å². The zero-order valence-corrected chi connectivity index (χ0v) is 11.0. The molecule has 0 aliphatic heterocycles. The van der Waals surface area contributed by atoms with E-state index in [0.29, 0.717) is 0 Å². The van der Waals surface area contributed by atoms with E-state index in [9.17, 15) is 9.59 Å². The second-order valence-electron chi connectivity index (χ2n) is 5.00. The Morgan fingerprint density at radius 3 is 2.29 bits per heavy atom. The van der Waals surface area contributed by atoms with Crippen molar-refractivity contribution >= 4 is 11.9 Å². The summed E-state index contributed by atoms with van der Waals surface area (Å²) in [7, 11) is 0. The van der Waals surface area contributed by atoms with Crippen LogP contribution >= 0.6 is 0 Å². The first-order valence-electron chi connectivity index (χ1n) is 6.38. The molecule has 4 nitrogen and oxygen atoms in total. The molecule has 0 saturated heterocycles. The maximum atomic E-state index is 11.9. The quantitative estimate of drug-likeness (QED) is 0.711. The number of rotatable bonds is 4. The van der Waals surface area contributed by atoms with Crippen LogP contribution in [0.1, 0.15) is 59.3 Å². The Kier molecular flexibility index (Phi) is 4.97. The van der Waals surface area contributed by atoms with E-state index < -0.39 is 11.6 Å². The topological polar surface area (TPSA) is 52.6 Å². The highest BCUT2D eigenvalue weighted by molar-refractivity contribution is 5.82. The number of carbonyl (C=O) groups is 2. The van der Waals surface area contributed by atoms with E-state index in [4.69, 9.17) is 9.47 Å². The molecule has 0 unspecified atom stereocenters. The summed E-state index contributed by atoms with van der Waals surface area (Å²) in [6, 6.07) is 0. The van der Waals surface area contributed by atoms with Gasteiger partial charge in [-0.15, -0.1) is 0 Å². The van der Waals surface area contributed by atoms with Gasteiger partial charge in [-0.25, -0.2) is 4.79 Å². The third-order valence-corrected chi connectivity index (χ3v) is 2.98. The molecule has 17 heavy (non-hydrogen) atoms. The average Bonchev–Trinajstić information content (AvgIpc) is 2.29. The zero-order chi connectivity index (χ0) is 12.9. The maximum Gasteiger partial charge on any atom is 0.350 e. The number of esters is 2. The van der Waals surface area contributed by atoms with Crippen molar-refractivity contribution < 1.29 is 19.1 Å². The third kappa shape index (κ3) is 4.36. The number of hydrogen-bond acceptors (Lipinski definition) is 4. The highest BCUT2D eigenvalue weighted by atomic mass is 16.6. The first-order chi connectivity index (χ1) is 7.95. The molecule has 1 saturated carbocycles. The molecule has 1 aliphatic carbocycles. The lowest BCUT2D eigenvalue weighted by Crippen LogP contribution is -2.40. The van der Waals surface area contributed by atoms with Crippen LogP contribution in [0.2, 0.25) is 0 Å². The summed E-state index contributed by atoms with van der Waals surface area (Å²) in [4.78, 5) is 23.1. The van der Waals surface area contributed by atoms with Crippen molar-refractivity contribution in [3.8, 4) is 0 Å². The molecule has 1 rings (SSSR count). The standard InChI is InChI=1S/C13H22O4/c1-4-11(14)17-13(2,3)12(15)16-10-8-6-5-7-9-10/h10H,4-9H2,1-3H3. The lowest BCUT2D eigenvalue weighted by molar-refractivity contribution is -0.183. The molecule has 4 heteroatoms. The molecule has 1 fully saturated rings. The van der Waals surface area contributed by atoms with Gasteiger partial charge in [0.05, 0.1) is 0 Å². The predicted octanol–water partition coefficient (Wildman–Crippen LogP) is 2.59. The summed E-state index contributed by atoms with van der Waals surface area (Å²) in [5, 5.41) is 0. The van der Waals surface area contributed by atoms with E-state index in [1.54, 1.807) is 20.8 Å².